The first-order valence-corrected chi connectivity index (χ1v) is 16.5. The van der Waals surface area contributed by atoms with Crippen molar-refractivity contribution < 1.29 is 0 Å². The molecule has 0 saturated heterocycles. The molecule has 8 bridgehead atoms. The van der Waals surface area contributed by atoms with Crippen LogP contribution in [0.1, 0.15) is 45.0 Å². The van der Waals surface area contributed by atoms with Crippen molar-refractivity contribution >= 4 is 28.0 Å². The molecule has 234 valence electrons. The van der Waals surface area contributed by atoms with Gasteiger partial charge in [0.1, 0.15) is 0 Å². The van der Waals surface area contributed by atoms with Gasteiger partial charge in [-0.1, -0.05) is 103 Å². The van der Waals surface area contributed by atoms with Gasteiger partial charge in [-0.3, -0.25) is 0 Å². The van der Waals surface area contributed by atoms with E-state index in [0.717, 1.165) is 88.7 Å². The summed E-state index contributed by atoms with van der Waals surface area (Å²) in [6.07, 6.45) is 0. The molecule has 0 saturated carbocycles. The average Bonchev–Trinajstić information content (AvgIpc) is 3.97. The summed E-state index contributed by atoms with van der Waals surface area (Å²) >= 11 is 0. The van der Waals surface area contributed by atoms with Crippen LogP contribution in [0.2, 0.25) is 0 Å². The molecule has 9 rings (SSSR count). The standard InChI is InChI=1S/C44H33N5/c45-32-18-10-17-31(27-32)44-39-25-23-37(48-39)42(29-13-6-2-7-14-29)35-21-19-33(46-35)41(28-11-4-1-5-12-28)34-20-22-36(47-34)43(30-15-8-3-9-16-30)38-24-26-40(44)49-38/h1-27,46-49H,45H2. The minimum Gasteiger partial charge on any atom is -0.399 e. The number of aromatic nitrogens is 4. The van der Waals surface area contributed by atoms with Crippen molar-refractivity contribution in [2.45, 2.75) is 0 Å². The van der Waals surface area contributed by atoms with Gasteiger partial charge in [-0.2, -0.15) is 0 Å². The number of H-pyrrole nitrogens is 4. The van der Waals surface area contributed by atoms with E-state index in [9.17, 15) is 0 Å². The lowest BCUT2D eigenvalue weighted by molar-refractivity contribution is 1.19. The fraction of sp³-hybridized carbons (Fsp3) is 0. The van der Waals surface area contributed by atoms with Crippen LogP contribution in [0.4, 0.5) is 5.69 Å². The van der Waals surface area contributed by atoms with Crippen LogP contribution in [0.25, 0.3) is 22.3 Å². The second-order valence-electron chi connectivity index (χ2n) is 12.4. The zero-order valence-corrected chi connectivity index (χ0v) is 26.7. The first-order valence-electron chi connectivity index (χ1n) is 16.5. The van der Waals surface area contributed by atoms with Gasteiger partial charge in [-0.25, -0.2) is 0 Å². The number of benzene rings is 4. The maximum atomic E-state index is 6.36. The number of hydrogen-bond donors (Lipinski definition) is 5. The summed E-state index contributed by atoms with van der Waals surface area (Å²) in [6.45, 7) is 0. The molecule has 49 heavy (non-hydrogen) atoms. The molecule has 5 nitrogen and oxygen atoms in total. The molecule has 5 heterocycles. The third kappa shape index (κ3) is 5.14. The summed E-state index contributed by atoms with van der Waals surface area (Å²) in [5, 5.41) is 4.04. The van der Waals surface area contributed by atoms with Crippen LogP contribution in [0, 0.1) is 0 Å². The summed E-state index contributed by atoms with van der Waals surface area (Å²) in [4.78, 5) is 15.3. The molecule has 0 fully saturated rings. The van der Waals surface area contributed by atoms with Crippen LogP contribution in [-0.4, -0.2) is 19.9 Å². The van der Waals surface area contributed by atoms with Gasteiger partial charge in [0, 0.05) is 72.2 Å². The Balaban J connectivity index is 1.44. The number of hydrogen-bond acceptors (Lipinski definition) is 1. The summed E-state index contributed by atoms with van der Waals surface area (Å²) < 4.78 is 0. The highest BCUT2D eigenvalue weighted by Gasteiger charge is 2.18. The molecule has 0 amide bonds. The van der Waals surface area contributed by atoms with Gasteiger partial charge in [0.2, 0.25) is 0 Å². The van der Waals surface area contributed by atoms with E-state index < -0.39 is 0 Å². The molecule has 8 aromatic rings. The Bertz CT molecular complexity index is 2700. The van der Waals surface area contributed by atoms with Gasteiger partial charge in [0.15, 0.2) is 0 Å². The van der Waals surface area contributed by atoms with E-state index in [1.807, 2.05) is 18.2 Å². The van der Waals surface area contributed by atoms with Gasteiger partial charge >= 0.3 is 0 Å². The number of fused-ring (bicyclic) bond motifs is 8. The molecular formula is C44H33N5. The molecule has 1 aliphatic heterocycles. The van der Waals surface area contributed by atoms with E-state index in [-0.39, 0.29) is 0 Å². The Morgan fingerprint density at radius 2 is 0.612 bits per heavy atom. The molecule has 0 atom stereocenters. The minimum absolute atomic E-state index is 0.715. The normalized spacial score (nSPS) is 12.8. The fourth-order valence-electron chi connectivity index (χ4n) is 7.08. The predicted octanol–water partition coefficient (Wildman–Crippen LogP) is 5.88. The Kier molecular flexibility index (Phi) is 6.87. The smallest absolute Gasteiger partial charge is 0.0485 e. The highest BCUT2D eigenvalue weighted by atomic mass is 14.8. The zero-order valence-electron chi connectivity index (χ0n) is 26.7. The summed E-state index contributed by atoms with van der Waals surface area (Å²) in [7, 11) is 0. The van der Waals surface area contributed by atoms with Crippen molar-refractivity contribution in [3.05, 3.63) is 230 Å². The van der Waals surface area contributed by atoms with Crippen molar-refractivity contribution in [2.24, 2.45) is 0 Å². The molecule has 0 spiro atoms. The quantitative estimate of drug-likeness (QED) is 0.154. The van der Waals surface area contributed by atoms with Gasteiger partial charge in [-0.05, 0) is 82.9 Å². The van der Waals surface area contributed by atoms with E-state index in [2.05, 4.69) is 166 Å². The number of rotatable bonds is 4. The summed E-state index contributed by atoms with van der Waals surface area (Å²) in [5.74, 6) is 0. The fourth-order valence-corrected chi connectivity index (χ4v) is 7.08. The molecule has 1 aliphatic rings. The van der Waals surface area contributed by atoms with Crippen molar-refractivity contribution in [3.63, 3.8) is 0 Å². The zero-order chi connectivity index (χ0) is 32.7. The monoisotopic (exact) mass is 631 g/mol. The lowest BCUT2D eigenvalue weighted by Gasteiger charge is -2.10. The summed E-state index contributed by atoms with van der Waals surface area (Å²) in [5.41, 5.74) is 19.8. The highest BCUT2D eigenvalue weighted by Crippen LogP contribution is 2.28. The van der Waals surface area contributed by atoms with Gasteiger partial charge in [0.25, 0.3) is 0 Å². The lowest BCUT2D eigenvalue weighted by Crippen LogP contribution is -2.19. The Labute approximate surface area is 283 Å². The van der Waals surface area contributed by atoms with Crippen LogP contribution in [0.3, 0.4) is 0 Å². The van der Waals surface area contributed by atoms with E-state index in [1.165, 1.54) is 0 Å². The van der Waals surface area contributed by atoms with E-state index >= 15 is 0 Å². The lowest BCUT2D eigenvalue weighted by atomic mass is 10.0. The molecule has 4 aromatic heterocycles. The van der Waals surface area contributed by atoms with Crippen LogP contribution >= 0.6 is 0 Å². The van der Waals surface area contributed by atoms with Crippen LogP contribution in [0.15, 0.2) is 164 Å². The summed E-state index contributed by atoms with van der Waals surface area (Å²) in [6, 6.07) is 57.2. The van der Waals surface area contributed by atoms with Crippen LogP contribution in [-0.2, 0) is 0 Å². The number of nitrogens with one attached hydrogen (secondary N) is 4. The van der Waals surface area contributed by atoms with Crippen LogP contribution < -0.4 is 27.1 Å². The van der Waals surface area contributed by atoms with Crippen molar-refractivity contribution in [3.8, 4) is 0 Å². The Morgan fingerprint density at radius 3 is 0.959 bits per heavy atom. The first kappa shape index (κ1) is 28.5. The molecule has 5 heteroatoms. The Hall–Kier alpha value is -6.72. The van der Waals surface area contributed by atoms with Gasteiger partial charge in [-0.15, -0.1) is 0 Å². The van der Waals surface area contributed by atoms with E-state index in [1.54, 1.807) is 0 Å². The van der Waals surface area contributed by atoms with Crippen molar-refractivity contribution in [2.75, 3.05) is 5.73 Å². The molecule has 6 N–H and O–H groups in total. The predicted molar refractivity (Wildman–Crippen MR) is 198 cm³/mol. The molecule has 0 aliphatic carbocycles. The van der Waals surface area contributed by atoms with E-state index in [0.29, 0.717) is 5.69 Å². The van der Waals surface area contributed by atoms with Crippen molar-refractivity contribution in [1.29, 1.82) is 0 Å². The number of nitrogens with two attached hydrogens (primary N) is 1. The second kappa shape index (κ2) is 11.8. The first-order chi connectivity index (χ1) is 24.2. The largest absolute Gasteiger partial charge is 0.399 e. The average molecular weight is 632 g/mol. The minimum atomic E-state index is 0.715. The highest BCUT2D eigenvalue weighted by molar-refractivity contribution is 5.85. The molecule has 4 aromatic carbocycles. The molecular weight excluding hydrogens is 599 g/mol. The third-order valence-electron chi connectivity index (χ3n) is 9.26. The number of anilines is 1. The second-order valence-corrected chi connectivity index (χ2v) is 12.4. The van der Waals surface area contributed by atoms with Gasteiger partial charge < -0.3 is 25.7 Å². The number of nitrogen functional groups attached to an aromatic ring is 1. The van der Waals surface area contributed by atoms with E-state index in [4.69, 9.17) is 5.73 Å². The third-order valence-corrected chi connectivity index (χ3v) is 9.26. The maximum absolute atomic E-state index is 6.36. The maximum Gasteiger partial charge on any atom is 0.0485 e. The topological polar surface area (TPSA) is 89.2 Å². The number of aromatic amines is 4. The van der Waals surface area contributed by atoms with Crippen LogP contribution in [0.5, 0.6) is 0 Å². The SMILES string of the molecule is Nc1cccc(C2=c3ccc([nH]3)=C(c3ccccc3)c3ccc([nH]3)C(c3ccccc3)=c3ccc([nH]3)=C(c3ccccc3)c3ccc2[nH]3)c1. The van der Waals surface area contributed by atoms with Crippen molar-refractivity contribution in [1.82, 2.24) is 19.9 Å². The molecule has 0 unspecified atom stereocenters. The molecule has 0 radical (unpaired) electrons. The Morgan fingerprint density at radius 1 is 0.286 bits per heavy atom. The van der Waals surface area contributed by atoms with Gasteiger partial charge in [0.05, 0.1) is 0 Å².